The van der Waals surface area contributed by atoms with Crippen LogP contribution in [0.15, 0.2) is 53.7 Å². The lowest BCUT2D eigenvalue weighted by atomic mass is 10.1. The van der Waals surface area contributed by atoms with Gasteiger partial charge in [0.15, 0.2) is 5.96 Å². The van der Waals surface area contributed by atoms with E-state index in [-0.39, 0.29) is 29.9 Å². The summed E-state index contributed by atoms with van der Waals surface area (Å²) in [4.78, 5) is 22.7. The van der Waals surface area contributed by atoms with Crippen LogP contribution in [0.2, 0.25) is 0 Å². The van der Waals surface area contributed by atoms with Crippen LogP contribution in [0.1, 0.15) is 36.6 Å². The highest BCUT2D eigenvalue weighted by molar-refractivity contribution is 14.0. The van der Waals surface area contributed by atoms with Crippen LogP contribution in [0.25, 0.3) is 0 Å². The van der Waals surface area contributed by atoms with Crippen molar-refractivity contribution in [1.29, 1.82) is 0 Å². The lowest BCUT2D eigenvalue weighted by Gasteiger charge is -2.16. The number of carbonyl (C=O) groups excluding carboxylic acids is 1. The summed E-state index contributed by atoms with van der Waals surface area (Å²) in [7, 11) is 0. The normalized spacial score (nSPS) is 14.0. The number of guanidine groups is 1. The summed E-state index contributed by atoms with van der Waals surface area (Å²) >= 11 is 0. The number of benzene rings is 1. The summed E-state index contributed by atoms with van der Waals surface area (Å²) in [5, 5.41) is 6.57. The molecule has 2 heterocycles. The Bertz CT molecular complexity index is 781. The Labute approximate surface area is 183 Å². The topological polar surface area (TPSA) is 69.6 Å². The second-order valence-electron chi connectivity index (χ2n) is 6.61. The van der Waals surface area contributed by atoms with Gasteiger partial charge in [0, 0.05) is 32.3 Å². The molecule has 0 aliphatic carbocycles. The first-order valence-electron chi connectivity index (χ1n) is 9.52. The molecule has 1 aromatic heterocycles. The van der Waals surface area contributed by atoms with Gasteiger partial charge < -0.3 is 15.5 Å². The average Bonchev–Trinajstić information content (AvgIpc) is 3.10. The highest BCUT2D eigenvalue weighted by atomic mass is 127. The zero-order valence-corrected chi connectivity index (χ0v) is 18.6. The van der Waals surface area contributed by atoms with E-state index in [2.05, 4.69) is 38.8 Å². The summed E-state index contributed by atoms with van der Waals surface area (Å²) in [5.74, 6) is 1.02. The third-order valence-corrected chi connectivity index (χ3v) is 4.46. The van der Waals surface area contributed by atoms with E-state index in [4.69, 9.17) is 0 Å². The van der Waals surface area contributed by atoms with Gasteiger partial charge in [-0.25, -0.2) is 4.99 Å². The largest absolute Gasteiger partial charge is 0.357 e. The molecule has 7 heteroatoms. The molecule has 0 radical (unpaired) electrons. The molecule has 3 rings (SSSR count). The Morgan fingerprint density at radius 3 is 2.75 bits per heavy atom. The molecule has 28 heavy (non-hydrogen) atoms. The lowest BCUT2D eigenvalue weighted by Crippen LogP contribution is -2.37. The van der Waals surface area contributed by atoms with Gasteiger partial charge in [0.05, 0.1) is 18.8 Å². The molecule has 150 valence electrons. The zero-order valence-electron chi connectivity index (χ0n) is 16.2. The highest BCUT2D eigenvalue weighted by Gasteiger charge is 2.19. The van der Waals surface area contributed by atoms with Crippen LogP contribution in [-0.4, -0.2) is 34.8 Å². The maximum Gasteiger partial charge on any atom is 0.222 e. The molecule has 0 saturated carbocycles. The molecule has 0 bridgehead atoms. The number of nitrogens with zero attached hydrogens (tertiary/aromatic N) is 3. The number of pyridine rings is 1. The molecular weight excluding hydrogens is 465 g/mol. The number of nitrogens with one attached hydrogen (secondary N) is 2. The van der Waals surface area contributed by atoms with Crippen LogP contribution in [0.5, 0.6) is 0 Å². The van der Waals surface area contributed by atoms with Gasteiger partial charge in [-0.05, 0) is 36.6 Å². The number of amides is 1. The fraction of sp³-hybridized carbons (Fsp3) is 0.381. The van der Waals surface area contributed by atoms with Crippen molar-refractivity contribution in [3.05, 3.63) is 65.5 Å². The Balaban J connectivity index is 0.00000280. The molecule has 0 atom stereocenters. The first-order chi connectivity index (χ1) is 13.2. The molecule has 1 aromatic carbocycles. The van der Waals surface area contributed by atoms with E-state index in [0.717, 1.165) is 42.3 Å². The molecule has 0 spiro atoms. The second-order valence-corrected chi connectivity index (χ2v) is 6.61. The maximum absolute atomic E-state index is 11.8. The van der Waals surface area contributed by atoms with Gasteiger partial charge in [-0.2, -0.15) is 0 Å². The van der Waals surface area contributed by atoms with E-state index in [0.29, 0.717) is 26.1 Å². The Hall–Kier alpha value is -2.16. The monoisotopic (exact) mass is 493 g/mol. The number of halogens is 1. The van der Waals surface area contributed by atoms with Crippen LogP contribution >= 0.6 is 24.0 Å². The van der Waals surface area contributed by atoms with Crippen molar-refractivity contribution >= 4 is 35.8 Å². The van der Waals surface area contributed by atoms with Gasteiger partial charge >= 0.3 is 0 Å². The molecular formula is C21H28IN5O. The summed E-state index contributed by atoms with van der Waals surface area (Å²) < 4.78 is 0. The molecule has 1 amide bonds. The molecule has 6 nitrogen and oxygen atoms in total. The standard InChI is InChI=1S/C21H27N5O.HI/c1-2-22-21(25-15-19-9-3-4-11-23-19)24-14-17-7-5-8-18(13-17)16-26-12-6-10-20(26)27;/h3-5,7-9,11,13H,2,6,10,12,14-16H2,1H3,(H2,22,24,25);1H. The SMILES string of the molecule is CCNC(=NCc1cccc(CN2CCCC2=O)c1)NCc1ccccn1.I. The quantitative estimate of drug-likeness (QED) is 0.354. The fourth-order valence-corrected chi connectivity index (χ4v) is 3.11. The van der Waals surface area contributed by atoms with Crippen LogP contribution in [-0.2, 0) is 24.4 Å². The number of hydrogen-bond acceptors (Lipinski definition) is 3. The summed E-state index contributed by atoms with van der Waals surface area (Å²) in [5.41, 5.74) is 3.26. The Kier molecular flexibility index (Phi) is 9.19. The maximum atomic E-state index is 11.8. The molecule has 1 aliphatic rings. The van der Waals surface area contributed by atoms with Crippen molar-refractivity contribution in [3.63, 3.8) is 0 Å². The van der Waals surface area contributed by atoms with Gasteiger partial charge in [-0.3, -0.25) is 9.78 Å². The van der Waals surface area contributed by atoms with Gasteiger partial charge in [0.1, 0.15) is 0 Å². The molecule has 1 fully saturated rings. The minimum Gasteiger partial charge on any atom is -0.357 e. The number of aromatic nitrogens is 1. The molecule has 1 aliphatic heterocycles. The predicted molar refractivity (Wildman–Crippen MR) is 122 cm³/mol. The summed E-state index contributed by atoms with van der Waals surface area (Å²) in [6.45, 7) is 5.61. The van der Waals surface area contributed by atoms with Gasteiger partial charge in [-0.15, -0.1) is 24.0 Å². The Morgan fingerprint density at radius 1 is 1.18 bits per heavy atom. The van der Waals surface area contributed by atoms with Gasteiger partial charge in [0.25, 0.3) is 0 Å². The number of hydrogen-bond donors (Lipinski definition) is 2. The van der Waals surface area contributed by atoms with Gasteiger partial charge in [-0.1, -0.05) is 30.3 Å². The van der Waals surface area contributed by atoms with E-state index >= 15 is 0 Å². The molecule has 0 unspecified atom stereocenters. The van der Waals surface area contributed by atoms with Gasteiger partial charge in [0.2, 0.25) is 5.91 Å². The first kappa shape index (κ1) is 22.1. The number of aliphatic imine (C=N–C) groups is 1. The van der Waals surface area contributed by atoms with Crippen LogP contribution in [0, 0.1) is 0 Å². The highest BCUT2D eigenvalue weighted by Crippen LogP contribution is 2.15. The van der Waals surface area contributed by atoms with E-state index < -0.39 is 0 Å². The minimum atomic E-state index is 0. The van der Waals surface area contributed by atoms with E-state index in [1.807, 2.05) is 36.1 Å². The van der Waals surface area contributed by atoms with E-state index in [1.165, 1.54) is 0 Å². The lowest BCUT2D eigenvalue weighted by molar-refractivity contribution is -0.128. The molecule has 2 N–H and O–H groups in total. The van der Waals surface area contributed by atoms with Crippen molar-refractivity contribution in [2.45, 2.75) is 39.4 Å². The van der Waals surface area contributed by atoms with Crippen molar-refractivity contribution < 1.29 is 4.79 Å². The van der Waals surface area contributed by atoms with Crippen LogP contribution < -0.4 is 10.6 Å². The van der Waals surface area contributed by atoms with Crippen LogP contribution in [0.4, 0.5) is 0 Å². The third kappa shape index (κ3) is 6.78. The van der Waals surface area contributed by atoms with Crippen molar-refractivity contribution in [2.75, 3.05) is 13.1 Å². The van der Waals surface area contributed by atoms with E-state index in [1.54, 1.807) is 6.20 Å². The zero-order chi connectivity index (χ0) is 18.9. The fourth-order valence-electron chi connectivity index (χ4n) is 3.11. The summed E-state index contributed by atoms with van der Waals surface area (Å²) in [6, 6.07) is 14.2. The number of carbonyl (C=O) groups is 1. The molecule has 1 saturated heterocycles. The first-order valence-corrected chi connectivity index (χ1v) is 9.52. The number of rotatable bonds is 7. The smallest absolute Gasteiger partial charge is 0.222 e. The van der Waals surface area contributed by atoms with Crippen molar-refractivity contribution in [2.24, 2.45) is 4.99 Å². The Morgan fingerprint density at radius 2 is 2.04 bits per heavy atom. The van der Waals surface area contributed by atoms with Crippen LogP contribution in [0.3, 0.4) is 0 Å². The van der Waals surface area contributed by atoms with E-state index in [9.17, 15) is 4.79 Å². The number of likely N-dealkylation sites (tertiary alicyclic amines) is 1. The molecule has 2 aromatic rings. The third-order valence-electron chi connectivity index (χ3n) is 4.46. The van der Waals surface area contributed by atoms with Crippen molar-refractivity contribution in [1.82, 2.24) is 20.5 Å². The minimum absolute atomic E-state index is 0. The summed E-state index contributed by atoms with van der Waals surface area (Å²) in [6.07, 6.45) is 3.44. The second kappa shape index (κ2) is 11.6. The average molecular weight is 493 g/mol. The predicted octanol–water partition coefficient (Wildman–Crippen LogP) is 3.08. The van der Waals surface area contributed by atoms with Crippen molar-refractivity contribution in [3.8, 4) is 0 Å².